The molecule has 2 aromatic carbocycles. The summed E-state index contributed by atoms with van der Waals surface area (Å²) in [6.45, 7) is 4.02. The molecule has 2 aromatic rings. The zero-order valence-corrected chi connectivity index (χ0v) is 18.7. The highest BCUT2D eigenvalue weighted by Gasteiger charge is 2.28. The second-order valence-corrected chi connectivity index (χ2v) is 8.00. The summed E-state index contributed by atoms with van der Waals surface area (Å²) >= 11 is 0. The molecule has 0 aromatic heterocycles. The third-order valence-corrected chi connectivity index (χ3v) is 5.46. The van der Waals surface area contributed by atoms with Crippen molar-refractivity contribution < 1.29 is 23.9 Å². The third kappa shape index (κ3) is 5.19. The molecule has 3 N–H and O–H groups in total. The second kappa shape index (κ2) is 10.2. The van der Waals surface area contributed by atoms with Crippen LogP contribution in [0.1, 0.15) is 48.7 Å². The lowest BCUT2D eigenvalue weighted by Gasteiger charge is -2.24. The van der Waals surface area contributed by atoms with Gasteiger partial charge in [-0.05, 0) is 42.2 Å². The molecule has 0 bridgehead atoms. The lowest BCUT2D eigenvalue weighted by Crippen LogP contribution is -2.42. The van der Waals surface area contributed by atoms with Crippen LogP contribution in [0.5, 0.6) is 11.5 Å². The minimum Gasteiger partial charge on any atom is -0.493 e. The maximum Gasteiger partial charge on any atom is 0.254 e. The van der Waals surface area contributed by atoms with Gasteiger partial charge in [-0.25, -0.2) is 0 Å². The summed E-state index contributed by atoms with van der Waals surface area (Å²) in [4.78, 5) is 37.7. The largest absolute Gasteiger partial charge is 0.493 e. The Morgan fingerprint density at radius 3 is 2.47 bits per heavy atom. The number of methoxy groups -OCH3 is 2. The molecule has 0 fully saturated rings. The van der Waals surface area contributed by atoms with Gasteiger partial charge in [-0.1, -0.05) is 32.0 Å². The number of benzene rings is 2. The zero-order chi connectivity index (χ0) is 23.3. The summed E-state index contributed by atoms with van der Waals surface area (Å²) in [5, 5.41) is 8.51. The summed E-state index contributed by atoms with van der Waals surface area (Å²) in [5.74, 6) is 0.435. The van der Waals surface area contributed by atoms with Crippen molar-refractivity contribution in [2.24, 2.45) is 5.92 Å². The number of ether oxygens (including phenoxy) is 2. The van der Waals surface area contributed by atoms with E-state index in [1.165, 1.54) is 0 Å². The van der Waals surface area contributed by atoms with Crippen LogP contribution in [0.2, 0.25) is 0 Å². The van der Waals surface area contributed by atoms with E-state index < -0.39 is 6.04 Å². The first-order chi connectivity index (χ1) is 15.3. The minimum absolute atomic E-state index is 0.0885. The van der Waals surface area contributed by atoms with Gasteiger partial charge in [-0.2, -0.15) is 0 Å². The Bertz CT molecular complexity index is 1000. The van der Waals surface area contributed by atoms with E-state index in [0.29, 0.717) is 22.7 Å². The van der Waals surface area contributed by atoms with Gasteiger partial charge >= 0.3 is 0 Å². The van der Waals surface area contributed by atoms with Crippen molar-refractivity contribution in [1.82, 2.24) is 10.6 Å². The number of carbonyl (C=O) groups excluding carboxylic acids is 3. The van der Waals surface area contributed by atoms with E-state index in [9.17, 15) is 14.4 Å². The summed E-state index contributed by atoms with van der Waals surface area (Å²) in [6, 6.07) is 11.3. The molecular weight excluding hydrogens is 410 g/mol. The molecule has 8 nitrogen and oxygen atoms in total. The molecule has 3 rings (SSSR count). The van der Waals surface area contributed by atoms with Crippen LogP contribution >= 0.6 is 0 Å². The van der Waals surface area contributed by atoms with Gasteiger partial charge in [-0.15, -0.1) is 0 Å². The second-order valence-electron chi connectivity index (χ2n) is 8.00. The molecule has 0 saturated heterocycles. The topological polar surface area (TPSA) is 106 Å². The van der Waals surface area contributed by atoms with Gasteiger partial charge in [0.25, 0.3) is 5.91 Å². The van der Waals surface area contributed by atoms with Crippen LogP contribution in [0.25, 0.3) is 0 Å². The molecule has 1 heterocycles. The van der Waals surface area contributed by atoms with E-state index in [1.54, 1.807) is 44.6 Å². The van der Waals surface area contributed by atoms with Crippen LogP contribution in [0.4, 0.5) is 5.69 Å². The molecule has 8 heteroatoms. The molecule has 0 unspecified atom stereocenters. The number of nitrogens with one attached hydrogen (secondary N) is 3. The van der Waals surface area contributed by atoms with E-state index in [2.05, 4.69) is 16.0 Å². The maximum absolute atomic E-state index is 12.7. The van der Waals surface area contributed by atoms with Crippen LogP contribution in [-0.4, -0.2) is 38.0 Å². The predicted octanol–water partition coefficient (Wildman–Crippen LogP) is 3.05. The van der Waals surface area contributed by atoms with Gasteiger partial charge in [0.15, 0.2) is 11.5 Å². The predicted molar refractivity (Wildman–Crippen MR) is 121 cm³/mol. The lowest BCUT2D eigenvalue weighted by molar-refractivity contribution is -0.122. The number of anilines is 1. The minimum atomic E-state index is -0.792. The highest BCUT2D eigenvalue weighted by atomic mass is 16.5. The smallest absolute Gasteiger partial charge is 0.254 e. The van der Waals surface area contributed by atoms with Gasteiger partial charge in [0, 0.05) is 6.42 Å². The Hall–Kier alpha value is -3.55. The average Bonchev–Trinajstić information content (AvgIpc) is 2.91. The SMILES string of the molecule is COc1ccc([C@H](NC(=O)CC[C@H]2NC(=O)c3ccccc3NC2=O)C(C)C)cc1OC. The fourth-order valence-electron chi connectivity index (χ4n) is 3.72. The van der Waals surface area contributed by atoms with Crippen LogP contribution in [0, 0.1) is 5.92 Å². The molecule has 32 heavy (non-hydrogen) atoms. The average molecular weight is 440 g/mol. The van der Waals surface area contributed by atoms with Crippen LogP contribution < -0.4 is 25.4 Å². The van der Waals surface area contributed by atoms with E-state index >= 15 is 0 Å². The molecule has 0 radical (unpaired) electrons. The number of amides is 3. The van der Waals surface area contributed by atoms with Crippen molar-refractivity contribution in [1.29, 1.82) is 0 Å². The molecule has 0 saturated carbocycles. The highest BCUT2D eigenvalue weighted by Crippen LogP contribution is 2.32. The first-order valence-corrected chi connectivity index (χ1v) is 10.6. The van der Waals surface area contributed by atoms with Gasteiger partial charge in [0.05, 0.1) is 31.5 Å². The fourth-order valence-corrected chi connectivity index (χ4v) is 3.72. The Morgan fingerprint density at radius 2 is 1.78 bits per heavy atom. The van der Waals surface area contributed by atoms with Crippen molar-refractivity contribution >= 4 is 23.4 Å². The lowest BCUT2D eigenvalue weighted by atomic mass is 9.95. The normalized spacial score (nSPS) is 16.3. The van der Waals surface area contributed by atoms with Crippen molar-refractivity contribution in [3.63, 3.8) is 0 Å². The van der Waals surface area contributed by atoms with Crippen molar-refractivity contribution in [3.8, 4) is 11.5 Å². The van der Waals surface area contributed by atoms with Crippen molar-refractivity contribution in [2.75, 3.05) is 19.5 Å². The van der Waals surface area contributed by atoms with Gasteiger partial charge < -0.3 is 25.4 Å². The monoisotopic (exact) mass is 439 g/mol. The number of carbonyl (C=O) groups is 3. The number of hydrogen-bond acceptors (Lipinski definition) is 5. The molecule has 1 aliphatic heterocycles. The highest BCUT2D eigenvalue weighted by molar-refractivity contribution is 6.09. The summed E-state index contributed by atoms with van der Waals surface area (Å²) in [7, 11) is 3.13. The van der Waals surface area contributed by atoms with Gasteiger partial charge in [-0.3, -0.25) is 14.4 Å². The molecule has 1 aliphatic rings. The fraction of sp³-hybridized carbons (Fsp3) is 0.375. The zero-order valence-electron chi connectivity index (χ0n) is 18.7. The molecule has 0 aliphatic carbocycles. The summed E-state index contributed by atoms with van der Waals surface area (Å²) in [5.41, 5.74) is 1.76. The van der Waals surface area contributed by atoms with E-state index in [4.69, 9.17) is 9.47 Å². The van der Waals surface area contributed by atoms with Gasteiger partial charge in [0.1, 0.15) is 6.04 Å². The van der Waals surface area contributed by atoms with Gasteiger partial charge in [0.2, 0.25) is 11.8 Å². The molecule has 170 valence electrons. The maximum atomic E-state index is 12.7. The Morgan fingerprint density at radius 1 is 1.06 bits per heavy atom. The molecular formula is C24H29N3O5. The Labute approximate surface area is 187 Å². The van der Waals surface area contributed by atoms with E-state index in [1.807, 2.05) is 26.0 Å². The van der Waals surface area contributed by atoms with E-state index in [-0.39, 0.29) is 42.5 Å². The molecule has 0 spiro atoms. The first kappa shape index (κ1) is 23.1. The van der Waals surface area contributed by atoms with Crippen LogP contribution in [-0.2, 0) is 9.59 Å². The number of hydrogen-bond donors (Lipinski definition) is 3. The first-order valence-electron chi connectivity index (χ1n) is 10.6. The third-order valence-electron chi connectivity index (χ3n) is 5.46. The summed E-state index contributed by atoms with van der Waals surface area (Å²) in [6.07, 6.45) is 0.277. The van der Waals surface area contributed by atoms with Crippen molar-refractivity contribution in [2.45, 2.75) is 38.8 Å². The van der Waals surface area contributed by atoms with Crippen molar-refractivity contribution in [3.05, 3.63) is 53.6 Å². The van der Waals surface area contributed by atoms with Crippen LogP contribution in [0.3, 0.4) is 0 Å². The number of para-hydroxylation sites is 1. The Balaban J connectivity index is 1.65. The van der Waals surface area contributed by atoms with Crippen LogP contribution in [0.15, 0.2) is 42.5 Å². The Kier molecular flexibility index (Phi) is 7.35. The van der Waals surface area contributed by atoms with E-state index in [0.717, 1.165) is 5.56 Å². The quantitative estimate of drug-likeness (QED) is 0.586. The summed E-state index contributed by atoms with van der Waals surface area (Å²) < 4.78 is 10.7. The number of fused-ring (bicyclic) bond motifs is 1. The number of rotatable bonds is 8. The molecule has 3 amide bonds. The standard InChI is InChI=1S/C24H29N3O5/c1-14(2)22(15-9-11-19(31-3)20(13-15)32-4)27-21(28)12-10-18-24(30)25-17-8-6-5-7-16(17)23(29)26-18/h5-9,11,13-14,18,22H,10,12H2,1-4H3,(H,25,30)(H,26,29)(H,27,28)/t18-,22-/m1/s1. The molecule has 2 atom stereocenters.